The second kappa shape index (κ2) is 5.18. The van der Waals surface area contributed by atoms with Crippen molar-refractivity contribution in [1.29, 1.82) is 0 Å². The van der Waals surface area contributed by atoms with E-state index in [1.807, 2.05) is 18.2 Å². The quantitative estimate of drug-likeness (QED) is 0.722. The van der Waals surface area contributed by atoms with Gasteiger partial charge in [0.1, 0.15) is 0 Å². The molecule has 3 nitrogen and oxygen atoms in total. The van der Waals surface area contributed by atoms with Crippen molar-refractivity contribution in [2.45, 2.75) is 12.3 Å². The molecule has 1 aromatic carbocycles. The normalized spacial score (nSPS) is 11.7. The smallest absolute Gasteiger partial charge is 0.304 e. The standard InChI is InChI=1S/C12H13NO2/c1-2-9-5-3-4-6-11(9)10(8-13)7-12(14)15/h1,3-6,10H,7-8,13H2,(H,14,15). The first kappa shape index (κ1) is 11.3. The van der Waals surface area contributed by atoms with E-state index < -0.39 is 5.97 Å². The summed E-state index contributed by atoms with van der Waals surface area (Å²) in [6.45, 7) is 0.283. The van der Waals surface area contributed by atoms with E-state index in [0.717, 1.165) is 5.56 Å². The number of rotatable bonds is 4. The molecule has 0 aliphatic carbocycles. The van der Waals surface area contributed by atoms with E-state index in [4.69, 9.17) is 17.3 Å². The molecule has 0 aliphatic heterocycles. The van der Waals surface area contributed by atoms with Crippen molar-refractivity contribution in [3.8, 4) is 12.3 Å². The van der Waals surface area contributed by atoms with Gasteiger partial charge in [-0.25, -0.2) is 0 Å². The molecule has 0 amide bonds. The van der Waals surface area contributed by atoms with Crippen LogP contribution >= 0.6 is 0 Å². The number of nitrogens with two attached hydrogens (primary N) is 1. The van der Waals surface area contributed by atoms with Gasteiger partial charge < -0.3 is 10.8 Å². The van der Waals surface area contributed by atoms with Gasteiger partial charge in [0.2, 0.25) is 0 Å². The zero-order valence-electron chi connectivity index (χ0n) is 8.31. The highest BCUT2D eigenvalue weighted by Crippen LogP contribution is 2.21. The fourth-order valence-electron chi connectivity index (χ4n) is 1.52. The number of hydrogen-bond donors (Lipinski definition) is 2. The first-order valence-electron chi connectivity index (χ1n) is 4.66. The summed E-state index contributed by atoms with van der Waals surface area (Å²) in [7, 11) is 0. The zero-order chi connectivity index (χ0) is 11.3. The van der Waals surface area contributed by atoms with E-state index in [9.17, 15) is 4.79 Å². The maximum atomic E-state index is 10.6. The minimum absolute atomic E-state index is 0.00912. The fourth-order valence-corrected chi connectivity index (χ4v) is 1.52. The monoisotopic (exact) mass is 203 g/mol. The van der Waals surface area contributed by atoms with Crippen LogP contribution in [0.25, 0.3) is 0 Å². The van der Waals surface area contributed by atoms with Crippen LogP contribution in [0.4, 0.5) is 0 Å². The third-order valence-electron chi connectivity index (χ3n) is 2.26. The van der Waals surface area contributed by atoms with E-state index in [2.05, 4.69) is 5.92 Å². The largest absolute Gasteiger partial charge is 0.481 e. The van der Waals surface area contributed by atoms with Crippen LogP contribution in [0.3, 0.4) is 0 Å². The molecule has 15 heavy (non-hydrogen) atoms. The number of aliphatic carboxylic acids is 1. The minimum Gasteiger partial charge on any atom is -0.481 e. The molecular weight excluding hydrogens is 190 g/mol. The molecule has 1 rings (SSSR count). The Balaban J connectivity index is 3.01. The third-order valence-corrected chi connectivity index (χ3v) is 2.26. The summed E-state index contributed by atoms with van der Waals surface area (Å²) in [4.78, 5) is 10.6. The Morgan fingerprint density at radius 3 is 2.73 bits per heavy atom. The molecular formula is C12H13NO2. The van der Waals surface area contributed by atoms with Crippen LogP contribution in [-0.2, 0) is 4.79 Å². The highest BCUT2D eigenvalue weighted by Gasteiger charge is 2.15. The van der Waals surface area contributed by atoms with E-state index in [1.54, 1.807) is 6.07 Å². The molecule has 0 heterocycles. The molecule has 0 radical (unpaired) electrons. The van der Waals surface area contributed by atoms with E-state index >= 15 is 0 Å². The van der Waals surface area contributed by atoms with Gasteiger partial charge in [-0.3, -0.25) is 4.79 Å². The maximum absolute atomic E-state index is 10.6. The van der Waals surface area contributed by atoms with Crippen LogP contribution < -0.4 is 5.73 Å². The number of carboxylic acid groups (broad SMARTS) is 1. The summed E-state index contributed by atoms with van der Waals surface area (Å²) < 4.78 is 0. The molecule has 0 spiro atoms. The van der Waals surface area contributed by atoms with Gasteiger partial charge >= 0.3 is 5.97 Å². The van der Waals surface area contributed by atoms with Gasteiger partial charge in [0, 0.05) is 11.5 Å². The Morgan fingerprint density at radius 1 is 1.53 bits per heavy atom. The second-order valence-electron chi connectivity index (χ2n) is 3.26. The topological polar surface area (TPSA) is 63.3 Å². The minimum atomic E-state index is -0.864. The molecule has 0 fully saturated rings. The number of carboxylic acids is 1. The fraction of sp³-hybridized carbons (Fsp3) is 0.250. The van der Waals surface area contributed by atoms with Gasteiger partial charge in [0.15, 0.2) is 0 Å². The van der Waals surface area contributed by atoms with Crippen molar-refractivity contribution in [2.75, 3.05) is 6.54 Å². The van der Waals surface area contributed by atoms with E-state index in [-0.39, 0.29) is 18.9 Å². The Labute approximate surface area is 88.9 Å². The lowest BCUT2D eigenvalue weighted by Gasteiger charge is -2.14. The molecule has 1 aromatic rings. The Morgan fingerprint density at radius 2 is 2.20 bits per heavy atom. The molecule has 0 aromatic heterocycles. The Kier molecular flexibility index (Phi) is 3.90. The van der Waals surface area contributed by atoms with Gasteiger partial charge in [-0.2, -0.15) is 0 Å². The summed E-state index contributed by atoms with van der Waals surface area (Å²) in [6, 6.07) is 7.28. The number of benzene rings is 1. The first-order chi connectivity index (χ1) is 7.19. The summed E-state index contributed by atoms with van der Waals surface area (Å²) >= 11 is 0. The van der Waals surface area contributed by atoms with Crippen molar-refractivity contribution < 1.29 is 9.90 Å². The third kappa shape index (κ3) is 2.83. The molecule has 3 N–H and O–H groups in total. The predicted octanol–water partition coefficient (Wildman–Crippen LogP) is 1.18. The number of carbonyl (C=O) groups is 1. The summed E-state index contributed by atoms with van der Waals surface area (Å²) in [5.74, 6) is 1.46. The SMILES string of the molecule is C#Cc1ccccc1C(CN)CC(=O)O. The zero-order valence-corrected chi connectivity index (χ0v) is 8.31. The van der Waals surface area contributed by atoms with Crippen LogP contribution in [0.2, 0.25) is 0 Å². The highest BCUT2D eigenvalue weighted by atomic mass is 16.4. The molecule has 0 bridgehead atoms. The number of terminal acetylenes is 1. The van der Waals surface area contributed by atoms with Gasteiger partial charge in [0.05, 0.1) is 6.42 Å². The Hall–Kier alpha value is -1.79. The van der Waals surface area contributed by atoms with Gasteiger partial charge in [-0.05, 0) is 18.2 Å². The van der Waals surface area contributed by atoms with Crippen molar-refractivity contribution >= 4 is 5.97 Å². The van der Waals surface area contributed by atoms with Crippen LogP contribution in [0.5, 0.6) is 0 Å². The van der Waals surface area contributed by atoms with Crippen molar-refractivity contribution in [2.24, 2.45) is 5.73 Å². The van der Waals surface area contributed by atoms with Crippen LogP contribution in [0.15, 0.2) is 24.3 Å². The van der Waals surface area contributed by atoms with Crippen molar-refractivity contribution in [3.63, 3.8) is 0 Å². The van der Waals surface area contributed by atoms with Crippen LogP contribution in [0, 0.1) is 12.3 Å². The lowest BCUT2D eigenvalue weighted by Crippen LogP contribution is -2.17. The van der Waals surface area contributed by atoms with Gasteiger partial charge in [-0.15, -0.1) is 6.42 Å². The lowest BCUT2D eigenvalue weighted by atomic mass is 9.92. The van der Waals surface area contributed by atoms with Gasteiger partial charge in [-0.1, -0.05) is 24.1 Å². The average Bonchev–Trinajstić information content (AvgIpc) is 2.25. The van der Waals surface area contributed by atoms with Crippen molar-refractivity contribution in [1.82, 2.24) is 0 Å². The molecule has 0 aliphatic rings. The van der Waals surface area contributed by atoms with Crippen LogP contribution in [-0.4, -0.2) is 17.6 Å². The molecule has 0 saturated heterocycles. The van der Waals surface area contributed by atoms with Crippen molar-refractivity contribution in [3.05, 3.63) is 35.4 Å². The molecule has 1 atom stereocenters. The second-order valence-corrected chi connectivity index (χ2v) is 3.26. The van der Waals surface area contributed by atoms with E-state index in [1.165, 1.54) is 0 Å². The maximum Gasteiger partial charge on any atom is 0.304 e. The Bertz CT molecular complexity index is 393. The highest BCUT2D eigenvalue weighted by molar-refractivity contribution is 5.68. The van der Waals surface area contributed by atoms with Crippen LogP contribution in [0.1, 0.15) is 23.5 Å². The van der Waals surface area contributed by atoms with Gasteiger partial charge in [0.25, 0.3) is 0 Å². The predicted molar refractivity (Wildman–Crippen MR) is 58.4 cm³/mol. The molecule has 3 heteroatoms. The average molecular weight is 203 g/mol. The summed E-state index contributed by atoms with van der Waals surface area (Å²) in [5, 5.41) is 8.73. The molecule has 78 valence electrons. The summed E-state index contributed by atoms with van der Waals surface area (Å²) in [6.07, 6.45) is 5.34. The summed E-state index contributed by atoms with van der Waals surface area (Å²) in [5.41, 5.74) is 7.10. The molecule has 1 unspecified atom stereocenters. The number of hydrogen-bond acceptors (Lipinski definition) is 2. The van der Waals surface area contributed by atoms with E-state index in [0.29, 0.717) is 5.56 Å². The first-order valence-corrected chi connectivity index (χ1v) is 4.66. The molecule has 0 saturated carbocycles. The lowest BCUT2D eigenvalue weighted by molar-refractivity contribution is -0.137.